The van der Waals surface area contributed by atoms with Gasteiger partial charge in [0.15, 0.2) is 0 Å². The lowest BCUT2D eigenvalue weighted by Crippen LogP contribution is -2.20. The predicted molar refractivity (Wildman–Crippen MR) is 74.9 cm³/mol. The van der Waals surface area contributed by atoms with Gasteiger partial charge < -0.3 is 9.30 Å². The maximum absolute atomic E-state index is 5.92. The molecular formula is C13H22BrN3O. The Morgan fingerprint density at radius 1 is 1.22 bits per heavy atom. The SMILES string of the molecule is CCCn1c(CBr)nnc1C1C(C)OC(C)C1C. The van der Waals surface area contributed by atoms with Crippen molar-refractivity contribution < 1.29 is 4.74 Å². The summed E-state index contributed by atoms with van der Waals surface area (Å²) < 4.78 is 8.18. The average molecular weight is 316 g/mol. The molecule has 4 atom stereocenters. The molecule has 0 saturated carbocycles. The summed E-state index contributed by atoms with van der Waals surface area (Å²) in [4.78, 5) is 0. The normalized spacial score (nSPS) is 32.1. The second-order valence-corrected chi connectivity index (χ2v) is 5.75. The third-order valence-electron chi connectivity index (χ3n) is 3.96. The fourth-order valence-corrected chi connectivity index (χ4v) is 3.29. The molecule has 18 heavy (non-hydrogen) atoms. The van der Waals surface area contributed by atoms with Crippen LogP contribution < -0.4 is 0 Å². The van der Waals surface area contributed by atoms with Gasteiger partial charge in [-0.05, 0) is 26.2 Å². The van der Waals surface area contributed by atoms with E-state index in [1.807, 2.05) is 0 Å². The van der Waals surface area contributed by atoms with Gasteiger partial charge in [-0.3, -0.25) is 0 Å². The molecule has 0 N–H and O–H groups in total. The first-order valence-corrected chi connectivity index (χ1v) is 7.85. The molecule has 0 bridgehead atoms. The van der Waals surface area contributed by atoms with Crippen LogP contribution in [0.3, 0.4) is 0 Å². The highest BCUT2D eigenvalue weighted by Crippen LogP contribution is 2.39. The third kappa shape index (κ3) is 2.35. The maximum atomic E-state index is 5.92. The summed E-state index contributed by atoms with van der Waals surface area (Å²) in [6, 6.07) is 0. The van der Waals surface area contributed by atoms with Crippen molar-refractivity contribution >= 4 is 15.9 Å². The van der Waals surface area contributed by atoms with Crippen LogP contribution in [-0.4, -0.2) is 27.0 Å². The number of rotatable bonds is 4. The molecular weight excluding hydrogens is 294 g/mol. The molecule has 1 saturated heterocycles. The van der Waals surface area contributed by atoms with Gasteiger partial charge >= 0.3 is 0 Å². The Morgan fingerprint density at radius 2 is 1.94 bits per heavy atom. The molecule has 2 heterocycles. The third-order valence-corrected chi connectivity index (χ3v) is 4.46. The molecule has 1 aromatic heterocycles. The second-order valence-electron chi connectivity index (χ2n) is 5.19. The van der Waals surface area contributed by atoms with E-state index in [0.717, 1.165) is 29.9 Å². The van der Waals surface area contributed by atoms with Crippen molar-refractivity contribution in [1.82, 2.24) is 14.8 Å². The van der Waals surface area contributed by atoms with Gasteiger partial charge in [-0.2, -0.15) is 0 Å². The summed E-state index contributed by atoms with van der Waals surface area (Å²) in [6.07, 6.45) is 1.61. The Morgan fingerprint density at radius 3 is 2.44 bits per heavy atom. The highest BCUT2D eigenvalue weighted by molar-refractivity contribution is 9.08. The molecule has 2 rings (SSSR count). The Hall–Kier alpha value is -0.420. The predicted octanol–water partition coefficient (Wildman–Crippen LogP) is 3.11. The zero-order valence-electron chi connectivity index (χ0n) is 11.6. The fourth-order valence-electron chi connectivity index (χ4n) is 2.87. The quantitative estimate of drug-likeness (QED) is 0.801. The number of aromatic nitrogens is 3. The van der Waals surface area contributed by atoms with Crippen molar-refractivity contribution in [3.63, 3.8) is 0 Å². The first-order chi connectivity index (χ1) is 8.60. The fraction of sp³-hybridized carbons (Fsp3) is 0.846. The molecule has 1 aromatic rings. The number of halogens is 1. The summed E-state index contributed by atoms with van der Waals surface area (Å²) >= 11 is 3.49. The van der Waals surface area contributed by atoms with Crippen LogP contribution in [0.4, 0.5) is 0 Å². The summed E-state index contributed by atoms with van der Waals surface area (Å²) in [5.41, 5.74) is 0. The molecule has 0 radical (unpaired) electrons. The van der Waals surface area contributed by atoms with Crippen LogP contribution in [0.25, 0.3) is 0 Å². The lowest BCUT2D eigenvalue weighted by Gasteiger charge is -2.19. The number of hydrogen-bond donors (Lipinski definition) is 0. The van der Waals surface area contributed by atoms with E-state index in [2.05, 4.69) is 58.4 Å². The summed E-state index contributed by atoms with van der Waals surface area (Å²) in [7, 11) is 0. The summed E-state index contributed by atoms with van der Waals surface area (Å²) in [5, 5.41) is 9.48. The second kappa shape index (κ2) is 5.70. The van der Waals surface area contributed by atoms with Crippen LogP contribution in [0.1, 0.15) is 51.7 Å². The highest BCUT2D eigenvalue weighted by Gasteiger charge is 2.41. The topological polar surface area (TPSA) is 39.9 Å². The summed E-state index contributed by atoms with van der Waals surface area (Å²) in [6.45, 7) is 9.70. The van der Waals surface area contributed by atoms with Gasteiger partial charge in [-0.1, -0.05) is 29.8 Å². The van der Waals surface area contributed by atoms with E-state index in [0.29, 0.717) is 17.9 Å². The largest absolute Gasteiger partial charge is 0.374 e. The number of nitrogens with zero attached hydrogens (tertiary/aromatic N) is 3. The van der Waals surface area contributed by atoms with Crippen LogP contribution >= 0.6 is 15.9 Å². The first-order valence-electron chi connectivity index (χ1n) is 6.73. The van der Waals surface area contributed by atoms with Crippen molar-refractivity contribution in [1.29, 1.82) is 0 Å². The van der Waals surface area contributed by atoms with Gasteiger partial charge in [0.1, 0.15) is 11.6 Å². The van der Waals surface area contributed by atoms with E-state index in [1.54, 1.807) is 0 Å². The van der Waals surface area contributed by atoms with Crippen LogP contribution in [0.15, 0.2) is 0 Å². The molecule has 0 amide bonds. The lowest BCUT2D eigenvalue weighted by molar-refractivity contribution is 0.0551. The molecule has 1 aliphatic rings. The van der Waals surface area contributed by atoms with Gasteiger partial charge in [-0.15, -0.1) is 10.2 Å². The van der Waals surface area contributed by atoms with E-state index < -0.39 is 0 Å². The number of hydrogen-bond acceptors (Lipinski definition) is 3. The van der Waals surface area contributed by atoms with Gasteiger partial charge in [0.25, 0.3) is 0 Å². The standard InChI is InChI=1S/C13H22BrN3O/c1-5-6-17-11(7-14)15-16-13(17)12-8(2)9(3)18-10(12)4/h8-10,12H,5-7H2,1-4H3. The van der Waals surface area contributed by atoms with Crippen molar-refractivity contribution in [2.75, 3.05) is 0 Å². The van der Waals surface area contributed by atoms with Crippen LogP contribution in [-0.2, 0) is 16.6 Å². The zero-order chi connectivity index (χ0) is 13.3. The minimum atomic E-state index is 0.220. The highest BCUT2D eigenvalue weighted by atomic mass is 79.9. The number of ether oxygens (including phenoxy) is 1. The Bertz CT molecular complexity index is 407. The minimum Gasteiger partial charge on any atom is -0.374 e. The van der Waals surface area contributed by atoms with Crippen molar-refractivity contribution in [2.24, 2.45) is 5.92 Å². The molecule has 5 heteroatoms. The smallest absolute Gasteiger partial charge is 0.143 e. The zero-order valence-corrected chi connectivity index (χ0v) is 13.1. The first kappa shape index (κ1) is 14.0. The minimum absolute atomic E-state index is 0.220. The van der Waals surface area contributed by atoms with Crippen LogP contribution in [0, 0.1) is 5.92 Å². The molecule has 0 spiro atoms. The number of alkyl halides is 1. The van der Waals surface area contributed by atoms with E-state index in [4.69, 9.17) is 4.74 Å². The van der Waals surface area contributed by atoms with Crippen molar-refractivity contribution in [3.05, 3.63) is 11.6 Å². The van der Waals surface area contributed by atoms with Crippen LogP contribution in [0.5, 0.6) is 0 Å². The molecule has 0 aromatic carbocycles. The van der Waals surface area contributed by atoms with E-state index in [9.17, 15) is 0 Å². The molecule has 0 aliphatic carbocycles. The van der Waals surface area contributed by atoms with Gasteiger partial charge in [0.2, 0.25) is 0 Å². The van der Waals surface area contributed by atoms with Crippen molar-refractivity contribution in [3.8, 4) is 0 Å². The molecule has 4 unspecified atom stereocenters. The van der Waals surface area contributed by atoms with Gasteiger partial charge in [0, 0.05) is 6.54 Å². The molecule has 1 fully saturated rings. The summed E-state index contributed by atoms with van der Waals surface area (Å²) in [5.74, 6) is 2.95. The van der Waals surface area contributed by atoms with Gasteiger partial charge in [-0.25, -0.2) is 0 Å². The van der Waals surface area contributed by atoms with E-state index in [-0.39, 0.29) is 6.10 Å². The van der Waals surface area contributed by atoms with E-state index in [1.165, 1.54) is 0 Å². The monoisotopic (exact) mass is 315 g/mol. The molecule has 102 valence electrons. The van der Waals surface area contributed by atoms with Crippen molar-refractivity contribution in [2.45, 2.75) is 64.1 Å². The Labute approximate surface area is 117 Å². The Kier molecular flexibility index (Phi) is 4.43. The molecule has 1 aliphatic heterocycles. The average Bonchev–Trinajstić information content (AvgIpc) is 2.83. The lowest BCUT2D eigenvalue weighted by atomic mass is 9.89. The maximum Gasteiger partial charge on any atom is 0.143 e. The molecule has 4 nitrogen and oxygen atoms in total. The van der Waals surface area contributed by atoms with Crippen LogP contribution in [0.2, 0.25) is 0 Å². The van der Waals surface area contributed by atoms with E-state index >= 15 is 0 Å². The van der Waals surface area contributed by atoms with Gasteiger partial charge in [0.05, 0.1) is 23.5 Å². The Balaban J connectivity index is 2.35.